The molecule has 1 aliphatic rings. The summed E-state index contributed by atoms with van der Waals surface area (Å²) in [7, 11) is 0. The number of aromatic amines is 1. The molecule has 0 aromatic carbocycles. The molecule has 0 fully saturated rings. The third-order valence-electron chi connectivity index (χ3n) is 2.90. The highest BCUT2D eigenvalue weighted by atomic mass is 32.1. The number of pyridine rings is 1. The number of hydrogen-bond donors (Lipinski definition) is 1. The van der Waals surface area contributed by atoms with Crippen LogP contribution in [-0.4, -0.2) is 15.0 Å². The molecule has 0 amide bonds. The number of aromatic nitrogens is 3. The Morgan fingerprint density at radius 3 is 3.06 bits per heavy atom. The van der Waals surface area contributed by atoms with E-state index in [2.05, 4.69) is 21.0 Å². The highest BCUT2D eigenvalue weighted by Crippen LogP contribution is 2.30. The summed E-state index contributed by atoms with van der Waals surface area (Å²) in [5, 5.41) is 0. The number of nitrogens with one attached hydrogen (secondary N) is 1. The van der Waals surface area contributed by atoms with Crippen LogP contribution < -0.4 is 0 Å². The molecule has 2 aromatic heterocycles. The van der Waals surface area contributed by atoms with Gasteiger partial charge >= 0.3 is 0 Å². The number of rotatable bonds is 0. The van der Waals surface area contributed by atoms with Gasteiger partial charge in [-0.25, -0.2) is 4.98 Å². The molecule has 2 aromatic rings. The summed E-state index contributed by atoms with van der Waals surface area (Å²) in [6.45, 7) is 2.02. The zero-order valence-corrected chi connectivity index (χ0v) is 9.77. The fourth-order valence-electron chi connectivity index (χ4n) is 2.13. The predicted octanol–water partition coefficient (Wildman–Crippen LogP) is 2.61. The van der Waals surface area contributed by atoms with Gasteiger partial charge in [0.05, 0.1) is 11.4 Å². The molecular weight excluding hydrogens is 218 g/mol. The maximum absolute atomic E-state index is 5.07. The van der Waals surface area contributed by atoms with E-state index in [1.807, 2.05) is 19.2 Å². The van der Waals surface area contributed by atoms with E-state index in [4.69, 9.17) is 12.2 Å². The number of nitrogens with zero attached hydrogens (tertiary/aromatic N) is 2. The highest BCUT2D eigenvalue weighted by Gasteiger charge is 2.17. The summed E-state index contributed by atoms with van der Waals surface area (Å²) in [5.74, 6) is 0. The van der Waals surface area contributed by atoms with Crippen LogP contribution in [0.15, 0.2) is 18.3 Å². The molecule has 2 heterocycles. The van der Waals surface area contributed by atoms with Gasteiger partial charge < -0.3 is 4.98 Å². The van der Waals surface area contributed by atoms with E-state index < -0.39 is 0 Å². The quantitative estimate of drug-likeness (QED) is 0.706. The molecule has 0 aliphatic heterocycles. The van der Waals surface area contributed by atoms with Crippen LogP contribution in [0.5, 0.6) is 0 Å². The molecule has 0 saturated carbocycles. The first kappa shape index (κ1) is 9.66. The summed E-state index contributed by atoms with van der Waals surface area (Å²) in [5.41, 5.74) is 5.71. The molecule has 1 N–H and O–H groups in total. The van der Waals surface area contributed by atoms with Crippen molar-refractivity contribution in [2.75, 3.05) is 0 Å². The lowest BCUT2D eigenvalue weighted by molar-refractivity contribution is 0.863. The van der Waals surface area contributed by atoms with Crippen molar-refractivity contribution in [1.82, 2.24) is 15.0 Å². The van der Waals surface area contributed by atoms with Crippen LogP contribution in [0.4, 0.5) is 0 Å². The first-order valence-corrected chi connectivity index (χ1v) is 5.70. The summed E-state index contributed by atoms with van der Waals surface area (Å²) in [6.07, 6.45) is 3.84. The Morgan fingerprint density at radius 1 is 1.31 bits per heavy atom. The summed E-state index contributed by atoms with van der Waals surface area (Å²) in [6, 6.07) is 4.15. The lowest BCUT2D eigenvalue weighted by atomic mass is 9.93. The third kappa shape index (κ3) is 1.46. The largest absolute Gasteiger partial charge is 0.330 e. The van der Waals surface area contributed by atoms with Crippen molar-refractivity contribution in [3.8, 4) is 11.3 Å². The van der Waals surface area contributed by atoms with Gasteiger partial charge in [0.1, 0.15) is 0 Å². The minimum atomic E-state index is 0.534. The first-order chi connectivity index (χ1) is 7.74. The SMILES string of the molecule is Cc1ccc2c(n1)CCc1cnc(=S)[nH]c1-2. The van der Waals surface area contributed by atoms with Crippen LogP contribution in [-0.2, 0) is 12.8 Å². The fourth-order valence-corrected chi connectivity index (χ4v) is 2.29. The van der Waals surface area contributed by atoms with Crippen molar-refractivity contribution in [3.05, 3.63) is 40.1 Å². The lowest BCUT2D eigenvalue weighted by Crippen LogP contribution is -2.09. The zero-order chi connectivity index (χ0) is 11.1. The van der Waals surface area contributed by atoms with Gasteiger partial charge in [0, 0.05) is 17.5 Å². The van der Waals surface area contributed by atoms with E-state index in [1.54, 1.807) is 0 Å². The Kier molecular flexibility index (Phi) is 2.11. The smallest absolute Gasteiger partial charge is 0.197 e. The Morgan fingerprint density at radius 2 is 2.19 bits per heavy atom. The number of aryl methyl sites for hydroxylation is 3. The van der Waals surface area contributed by atoms with Gasteiger partial charge in [-0.1, -0.05) is 0 Å². The average molecular weight is 229 g/mol. The number of hydrogen-bond acceptors (Lipinski definition) is 3. The van der Waals surface area contributed by atoms with E-state index in [1.165, 1.54) is 11.1 Å². The molecule has 4 heteroatoms. The molecule has 0 radical (unpaired) electrons. The number of fused-ring (bicyclic) bond motifs is 3. The van der Waals surface area contributed by atoms with Crippen LogP contribution in [0.3, 0.4) is 0 Å². The Hall–Kier alpha value is -1.55. The normalized spacial score (nSPS) is 13.1. The molecule has 3 nitrogen and oxygen atoms in total. The van der Waals surface area contributed by atoms with Crippen molar-refractivity contribution in [3.63, 3.8) is 0 Å². The standard InChI is InChI=1S/C12H11N3S/c1-7-2-4-9-10(14-7)5-3-8-6-13-12(16)15-11(8)9/h2,4,6H,3,5H2,1H3,(H,13,15,16). The second kappa shape index (κ2) is 3.49. The van der Waals surface area contributed by atoms with E-state index >= 15 is 0 Å². The van der Waals surface area contributed by atoms with Crippen molar-refractivity contribution < 1.29 is 0 Å². The molecule has 80 valence electrons. The van der Waals surface area contributed by atoms with Crippen LogP contribution >= 0.6 is 12.2 Å². The van der Waals surface area contributed by atoms with Crippen LogP contribution in [0.25, 0.3) is 11.3 Å². The molecule has 3 rings (SSSR count). The van der Waals surface area contributed by atoms with E-state index in [0.717, 1.165) is 29.9 Å². The Bertz CT molecular complexity index is 616. The van der Waals surface area contributed by atoms with E-state index in [-0.39, 0.29) is 0 Å². The Balaban J connectivity index is 2.29. The van der Waals surface area contributed by atoms with Crippen molar-refractivity contribution in [1.29, 1.82) is 0 Å². The first-order valence-electron chi connectivity index (χ1n) is 5.29. The summed E-state index contributed by atoms with van der Waals surface area (Å²) < 4.78 is 0.534. The van der Waals surface area contributed by atoms with Gasteiger partial charge in [0.2, 0.25) is 0 Å². The predicted molar refractivity (Wildman–Crippen MR) is 64.8 cm³/mol. The maximum Gasteiger partial charge on any atom is 0.197 e. The second-order valence-electron chi connectivity index (χ2n) is 4.04. The van der Waals surface area contributed by atoms with E-state index in [9.17, 15) is 0 Å². The fraction of sp³-hybridized carbons (Fsp3) is 0.250. The van der Waals surface area contributed by atoms with Gasteiger partial charge in [-0.3, -0.25) is 4.98 Å². The lowest BCUT2D eigenvalue weighted by Gasteiger charge is -2.18. The molecule has 16 heavy (non-hydrogen) atoms. The molecule has 0 unspecified atom stereocenters. The zero-order valence-electron chi connectivity index (χ0n) is 8.95. The summed E-state index contributed by atoms with van der Waals surface area (Å²) >= 11 is 5.07. The second-order valence-corrected chi connectivity index (χ2v) is 4.42. The van der Waals surface area contributed by atoms with Crippen LogP contribution in [0.1, 0.15) is 17.0 Å². The topological polar surface area (TPSA) is 41.6 Å². The summed E-state index contributed by atoms with van der Waals surface area (Å²) in [4.78, 5) is 11.9. The minimum absolute atomic E-state index is 0.534. The third-order valence-corrected chi connectivity index (χ3v) is 3.11. The molecule has 0 spiro atoms. The number of H-pyrrole nitrogens is 1. The molecule has 0 saturated heterocycles. The van der Waals surface area contributed by atoms with Crippen LogP contribution in [0.2, 0.25) is 0 Å². The van der Waals surface area contributed by atoms with Crippen molar-refractivity contribution >= 4 is 12.2 Å². The van der Waals surface area contributed by atoms with Gasteiger partial charge in [0.25, 0.3) is 0 Å². The van der Waals surface area contributed by atoms with Gasteiger partial charge in [-0.15, -0.1) is 0 Å². The molecular formula is C12H11N3S. The molecule has 0 bridgehead atoms. The van der Waals surface area contributed by atoms with Crippen LogP contribution in [0, 0.1) is 11.7 Å². The van der Waals surface area contributed by atoms with Crippen molar-refractivity contribution in [2.45, 2.75) is 19.8 Å². The molecule has 0 atom stereocenters. The highest BCUT2D eigenvalue weighted by molar-refractivity contribution is 7.71. The van der Waals surface area contributed by atoms with E-state index in [0.29, 0.717) is 4.77 Å². The minimum Gasteiger partial charge on any atom is -0.330 e. The Labute approximate surface area is 98.6 Å². The van der Waals surface area contributed by atoms with Gasteiger partial charge in [-0.05, 0) is 49.7 Å². The monoisotopic (exact) mass is 229 g/mol. The molecule has 1 aliphatic carbocycles. The van der Waals surface area contributed by atoms with Gasteiger partial charge in [0.15, 0.2) is 4.77 Å². The maximum atomic E-state index is 5.07. The average Bonchev–Trinajstić information content (AvgIpc) is 2.28. The van der Waals surface area contributed by atoms with Gasteiger partial charge in [-0.2, -0.15) is 0 Å². The van der Waals surface area contributed by atoms with Crippen molar-refractivity contribution in [2.24, 2.45) is 0 Å².